The van der Waals surface area contributed by atoms with Gasteiger partial charge in [-0.1, -0.05) is 23.7 Å². The van der Waals surface area contributed by atoms with Gasteiger partial charge in [0.15, 0.2) is 5.82 Å². The number of nitrogens with zero attached hydrogens (tertiary/aromatic N) is 4. The smallest absolute Gasteiger partial charge is 0.332 e. The first kappa shape index (κ1) is 18.1. The Morgan fingerprint density at radius 2 is 1.93 bits per heavy atom. The molecule has 3 aliphatic rings. The van der Waals surface area contributed by atoms with Gasteiger partial charge in [-0.3, -0.25) is 19.1 Å². The number of benzene rings is 1. The largest absolute Gasteiger partial charge is 0.364 e. The van der Waals surface area contributed by atoms with E-state index in [9.17, 15) is 9.59 Å². The molecule has 0 radical (unpaired) electrons. The maximum absolute atomic E-state index is 12.7. The molecule has 1 aliphatic carbocycles. The quantitative estimate of drug-likeness (QED) is 0.727. The van der Waals surface area contributed by atoms with Crippen LogP contribution in [0, 0.1) is 5.92 Å². The standard InChI is InChI=1S/C20H23ClN4O3/c21-16-5-3-14(4-6-16)9-23-8-7-20(12-23)13-24-17(11-28-20)22-25(10-15-1-2-15)19(27)18(24)26/h3-6,15H,1-2,7-13H2. The molecule has 1 spiro atoms. The van der Waals surface area contributed by atoms with E-state index in [4.69, 9.17) is 16.3 Å². The molecule has 2 aromatic rings. The van der Waals surface area contributed by atoms with Crippen LogP contribution in [-0.2, 0) is 31.0 Å². The molecule has 1 saturated carbocycles. The monoisotopic (exact) mass is 402 g/mol. The Morgan fingerprint density at radius 1 is 1.14 bits per heavy atom. The highest BCUT2D eigenvalue weighted by atomic mass is 35.5. The van der Waals surface area contributed by atoms with E-state index in [1.807, 2.05) is 24.3 Å². The maximum atomic E-state index is 12.7. The van der Waals surface area contributed by atoms with E-state index in [0.29, 0.717) is 24.8 Å². The minimum absolute atomic E-state index is 0.273. The summed E-state index contributed by atoms with van der Waals surface area (Å²) >= 11 is 5.96. The number of rotatable bonds is 4. The van der Waals surface area contributed by atoms with Crippen molar-refractivity contribution in [2.24, 2.45) is 5.92 Å². The van der Waals surface area contributed by atoms with Gasteiger partial charge >= 0.3 is 11.1 Å². The van der Waals surface area contributed by atoms with Crippen LogP contribution in [0.2, 0.25) is 5.02 Å². The molecule has 3 heterocycles. The molecule has 1 atom stereocenters. The predicted octanol–water partition coefficient (Wildman–Crippen LogP) is 1.64. The van der Waals surface area contributed by atoms with Gasteiger partial charge in [-0.15, -0.1) is 0 Å². The third-order valence-electron chi connectivity index (χ3n) is 6.01. The highest BCUT2D eigenvalue weighted by Gasteiger charge is 2.43. The fourth-order valence-electron chi connectivity index (χ4n) is 4.23. The van der Waals surface area contributed by atoms with Crippen molar-refractivity contribution in [2.45, 2.75) is 51.1 Å². The SMILES string of the molecule is O=c1c(=O)n2c(nn1CC1CC1)COC1(CCN(Cc3ccc(Cl)cc3)C1)C2. The van der Waals surface area contributed by atoms with Crippen LogP contribution in [0.1, 0.15) is 30.7 Å². The van der Waals surface area contributed by atoms with Crippen LogP contribution in [0.25, 0.3) is 0 Å². The van der Waals surface area contributed by atoms with Crippen LogP contribution >= 0.6 is 11.6 Å². The zero-order valence-electron chi connectivity index (χ0n) is 15.6. The molecular weight excluding hydrogens is 380 g/mol. The zero-order valence-corrected chi connectivity index (χ0v) is 16.4. The molecule has 1 saturated heterocycles. The summed E-state index contributed by atoms with van der Waals surface area (Å²) in [6, 6.07) is 7.85. The number of halogens is 1. The number of fused-ring (bicyclic) bond motifs is 1. The van der Waals surface area contributed by atoms with Crippen LogP contribution in [0.5, 0.6) is 0 Å². The maximum Gasteiger partial charge on any atom is 0.332 e. The normalized spacial score (nSPS) is 24.6. The second-order valence-electron chi connectivity index (χ2n) is 8.30. The summed E-state index contributed by atoms with van der Waals surface area (Å²) < 4.78 is 9.09. The van der Waals surface area contributed by atoms with Crippen molar-refractivity contribution in [3.63, 3.8) is 0 Å². The van der Waals surface area contributed by atoms with Gasteiger partial charge in [0.05, 0.1) is 6.54 Å². The fourth-order valence-corrected chi connectivity index (χ4v) is 4.36. The molecule has 0 bridgehead atoms. The van der Waals surface area contributed by atoms with E-state index < -0.39 is 16.7 Å². The number of aromatic nitrogens is 3. The Hall–Kier alpha value is -1.96. The van der Waals surface area contributed by atoms with Gasteiger partial charge in [0.25, 0.3) is 0 Å². The van der Waals surface area contributed by atoms with Gasteiger partial charge in [0.2, 0.25) is 0 Å². The molecule has 0 N–H and O–H groups in total. The summed E-state index contributed by atoms with van der Waals surface area (Å²) in [6.45, 7) is 3.64. The lowest BCUT2D eigenvalue weighted by molar-refractivity contribution is -0.0859. The summed E-state index contributed by atoms with van der Waals surface area (Å²) in [6.07, 6.45) is 3.04. The summed E-state index contributed by atoms with van der Waals surface area (Å²) in [5.74, 6) is 1.05. The van der Waals surface area contributed by atoms with Gasteiger partial charge in [-0.05, 0) is 42.9 Å². The molecule has 148 valence electrons. The highest BCUT2D eigenvalue weighted by molar-refractivity contribution is 6.30. The van der Waals surface area contributed by atoms with E-state index in [2.05, 4.69) is 10.00 Å². The van der Waals surface area contributed by atoms with E-state index >= 15 is 0 Å². The van der Waals surface area contributed by atoms with Crippen molar-refractivity contribution in [3.05, 3.63) is 61.4 Å². The number of hydrogen-bond donors (Lipinski definition) is 0. The van der Waals surface area contributed by atoms with E-state index in [1.165, 1.54) is 10.2 Å². The van der Waals surface area contributed by atoms with Crippen molar-refractivity contribution in [1.29, 1.82) is 0 Å². The van der Waals surface area contributed by atoms with Crippen molar-refractivity contribution < 1.29 is 4.74 Å². The molecule has 1 unspecified atom stereocenters. The lowest BCUT2D eigenvalue weighted by Gasteiger charge is -2.35. The first-order valence-corrected chi connectivity index (χ1v) is 10.2. The van der Waals surface area contributed by atoms with Gasteiger partial charge in [-0.25, -0.2) is 4.68 Å². The number of hydrogen-bond acceptors (Lipinski definition) is 5. The third-order valence-corrected chi connectivity index (χ3v) is 6.26. The van der Waals surface area contributed by atoms with Gasteiger partial charge in [0.1, 0.15) is 12.2 Å². The second kappa shape index (κ2) is 6.83. The molecule has 8 heteroatoms. The van der Waals surface area contributed by atoms with Gasteiger partial charge in [-0.2, -0.15) is 5.10 Å². The molecule has 5 rings (SSSR count). The predicted molar refractivity (Wildman–Crippen MR) is 104 cm³/mol. The molecule has 7 nitrogen and oxygen atoms in total. The Morgan fingerprint density at radius 3 is 2.68 bits per heavy atom. The molecule has 28 heavy (non-hydrogen) atoms. The fraction of sp³-hybridized carbons (Fsp3) is 0.550. The molecule has 0 amide bonds. The van der Waals surface area contributed by atoms with E-state index in [1.54, 1.807) is 4.57 Å². The molecule has 1 aromatic heterocycles. The Bertz CT molecular complexity index is 1010. The average molecular weight is 403 g/mol. The second-order valence-corrected chi connectivity index (χ2v) is 8.73. The van der Waals surface area contributed by atoms with Crippen molar-refractivity contribution >= 4 is 11.6 Å². The van der Waals surface area contributed by atoms with Crippen molar-refractivity contribution in [1.82, 2.24) is 19.2 Å². The van der Waals surface area contributed by atoms with E-state index in [-0.39, 0.29) is 6.61 Å². The Kier molecular flexibility index (Phi) is 4.41. The summed E-state index contributed by atoms with van der Waals surface area (Å²) in [7, 11) is 0. The van der Waals surface area contributed by atoms with Crippen LogP contribution in [0.4, 0.5) is 0 Å². The topological polar surface area (TPSA) is 69.4 Å². The molecular formula is C20H23ClN4O3. The molecule has 2 fully saturated rings. The lowest BCUT2D eigenvalue weighted by Crippen LogP contribution is -2.53. The Balaban J connectivity index is 1.34. The first-order valence-electron chi connectivity index (χ1n) is 9.83. The third kappa shape index (κ3) is 3.43. The van der Waals surface area contributed by atoms with E-state index in [0.717, 1.165) is 43.9 Å². The molecule has 1 aromatic carbocycles. The molecule has 2 aliphatic heterocycles. The number of ether oxygens (including phenoxy) is 1. The summed E-state index contributed by atoms with van der Waals surface area (Å²) in [5.41, 5.74) is -0.215. The zero-order chi connectivity index (χ0) is 19.3. The van der Waals surface area contributed by atoms with Crippen LogP contribution < -0.4 is 11.1 Å². The minimum Gasteiger partial charge on any atom is -0.364 e. The highest BCUT2D eigenvalue weighted by Crippen LogP contribution is 2.32. The lowest BCUT2D eigenvalue weighted by atomic mass is 10.0. The van der Waals surface area contributed by atoms with Crippen LogP contribution in [0.3, 0.4) is 0 Å². The van der Waals surface area contributed by atoms with Crippen LogP contribution in [0.15, 0.2) is 33.9 Å². The van der Waals surface area contributed by atoms with Crippen LogP contribution in [-0.4, -0.2) is 37.9 Å². The average Bonchev–Trinajstić information content (AvgIpc) is 3.43. The summed E-state index contributed by atoms with van der Waals surface area (Å²) in [4.78, 5) is 27.5. The van der Waals surface area contributed by atoms with Crippen molar-refractivity contribution in [3.8, 4) is 0 Å². The van der Waals surface area contributed by atoms with Gasteiger partial charge in [0, 0.05) is 31.2 Å². The van der Waals surface area contributed by atoms with Crippen molar-refractivity contribution in [2.75, 3.05) is 13.1 Å². The minimum atomic E-state index is -0.510. The number of likely N-dealkylation sites (tertiary alicyclic amines) is 1. The first-order chi connectivity index (χ1) is 13.5. The van der Waals surface area contributed by atoms with Gasteiger partial charge < -0.3 is 4.74 Å². The summed E-state index contributed by atoms with van der Waals surface area (Å²) in [5, 5.41) is 5.15. The Labute approximate surface area is 167 Å².